The molecule has 1 aromatic carbocycles. The van der Waals surface area contributed by atoms with Gasteiger partial charge in [-0.15, -0.1) is 0 Å². The standard InChI is InChI=1S/C13H18O8/c1-19-8-4-6(15)2-3-7(8)20-13-12(18)11(17)10(16)9(5-14)21-13/h2-4,9-18H,5H2,1H3/t9-,10+,11+,12-,13-/m1/s1. The van der Waals surface area contributed by atoms with Crippen LogP contribution in [0.2, 0.25) is 0 Å². The Balaban J connectivity index is 2.18. The molecular weight excluding hydrogens is 284 g/mol. The Kier molecular flexibility index (Phi) is 4.86. The number of rotatable bonds is 4. The molecule has 1 saturated heterocycles. The Labute approximate surface area is 120 Å². The van der Waals surface area contributed by atoms with Crippen molar-refractivity contribution in [1.82, 2.24) is 0 Å². The lowest BCUT2D eigenvalue weighted by Crippen LogP contribution is -2.60. The van der Waals surface area contributed by atoms with Crippen LogP contribution in [0.3, 0.4) is 0 Å². The van der Waals surface area contributed by atoms with E-state index >= 15 is 0 Å². The molecule has 0 aliphatic carbocycles. The fraction of sp³-hybridized carbons (Fsp3) is 0.538. The Morgan fingerprint density at radius 1 is 1.10 bits per heavy atom. The molecule has 0 unspecified atom stereocenters. The third-order valence-electron chi connectivity index (χ3n) is 3.24. The average molecular weight is 302 g/mol. The fourth-order valence-corrected chi connectivity index (χ4v) is 2.04. The third kappa shape index (κ3) is 3.20. The smallest absolute Gasteiger partial charge is 0.229 e. The van der Waals surface area contributed by atoms with Gasteiger partial charge in [-0.3, -0.25) is 0 Å². The summed E-state index contributed by atoms with van der Waals surface area (Å²) in [5.74, 6) is 0.333. The van der Waals surface area contributed by atoms with Crippen LogP contribution in [-0.2, 0) is 4.74 Å². The van der Waals surface area contributed by atoms with Crippen molar-refractivity contribution in [1.29, 1.82) is 0 Å². The van der Waals surface area contributed by atoms with E-state index in [9.17, 15) is 20.4 Å². The summed E-state index contributed by atoms with van der Waals surface area (Å²) < 4.78 is 15.6. The second kappa shape index (κ2) is 6.46. The largest absolute Gasteiger partial charge is 0.508 e. The Hall–Kier alpha value is -1.58. The molecule has 0 amide bonds. The van der Waals surface area contributed by atoms with E-state index in [0.717, 1.165) is 0 Å². The van der Waals surface area contributed by atoms with Crippen LogP contribution in [0.5, 0.6) is 17.2 Å². The summed E-state index contributed by atoms with van der Waals surface area (Å²) in [5.41, 5.74) is 0. The molecule has 2 rings (SSSR count). The van der Waals surface area contributed by atoms with Crippen molar-refractivity contribution in [3.63, 3.8) is 0 Å². The van der Waals surface area contributed by atoms with Crippen LogP contribution in [0.4, 0.5) is 0 Å². The number of hydrogen-bond acceptors (Lipinski definition) is 8. The summed E-state index contributed by atoms with van der Waals surface area (Å²) in [5, 5.41) is 47.7. The first kappa shape index (κ1) is 15.8. The Morgan fingerprint density at radius 3 is 2.43 bits per heavy atom. The normalized spacial score (nSPS) is 32.7. The van der Waals surface area contributed by atoms with Gasteiger partial charge in [-0.25, -0.2) is 0 Å². The fourth-order valence-electron chi connectivity index (χ4n) is 2.04. The molecule has 1 aromatic rings. The first-order chi connectivity index (χ1) is 9.97. The van der Waals surface area contributed by atoms with Gasteiger partial charge in [0, 0.05) is 6.07 Å². The van der Waals surface area contributed by atoms with Gasteiger partial charge < -0.3 is 39.7 Å². The van der Waals surface area contributed by atoms with Gasteiger partial charge in [-0.2, -0.15) is 0 Å². The molecule has 5 atom stereocenters. The zero-order valence-corrected chi connectivity index (χ0v) is 11.3. The molecule has 1 heterocycles. The summed E-state index contributed by atoms with van der Waals surface area (Å²) in [6.07, 6.45) is -6.85. The highest BCUT2D eigenvalue weighted by Gasteiger charge is 2.44. The lowest BCUT2D eigenvalue weighted by Gasteiger charge is -2.39. The van der Waals surface area contributed by atoms with Crippen molar-refractivity contribution < 1.29 is 39.7 Å². The molecule has 1 aliphatic heterocycles. The maximum atomic E-state index is 9.87. The predicted octanol–water partition coefficient (Wildman–Crippen LogP) is -1.42. The van der Waals surface area contributed by atoms with E-state index in [-0.39, 0.29) is 17.2 Å². The molecule has 1 fully saturated rings. The molecule has 0 spiro atoms. The second-order valence-electron chi connectivity index (χ2n) is 4.65. The van der Waals surface area contributed by atoms with Gasteiger partial charge in [0.05, 0.1) is 13.7 Å². The molecule has 1 aliphatic rings. The summed E-state index contributed by atoms with van der Waals surface area (Å²) >= 11 is 0. The average Bonchev–Trinajstić information content (AvgIpc) is 2.49. The number of phenolic OH excluding ortho intramolecular Hbond substituents is 1. The van der Waals surface area contributed by atoms with Crippen LogP contribution in [0.1, 0.15) is 0 Å². The highest BCUT2D eigenvalue weighted by atomic mass is 16.7. The van der Waals surface area contributed by atoms with Crippen molar-refractivity contribution in [2.45, 2.75) is 30.7 Å². The second-order valence-corrected chi connectivity index (χ2v) is 4.65. The van der Waals surface area contributed by atoms with E-state index in [2.05, 4.69) is 0 Å². The van der Waals surface area contributed by atoms with Crippen molar-refractivity contribution in [3.05, 3.63) is 18.2 Å². The van der Waals surface area contributed by atoms with Crippen molar-refractivity contribution >= 4 is 0 Å². The maximum Gasteiger partial charge on any atom is 0.229 e. The van der Waals surface area contributed by atoms with Gasteiger partial charge >= 0.3 is 0 Å². The zero-order valence-electron chi connectivity index (χ0n) is 11.3. The van der Waals surface area contributed by atoms with Crippen molar-refractivity contribution in [2.75, 3.05) is 13.7 Å². The molecule has 0 saturated carbocycles. The minimum Gasteiger partial charge on any atom is -0.508 e. The Bertz CT molecular complexity index is 477. The van der Waals surface area contributed by atoms with Crippen LogP contribution in [0.15, 0.2) is 18.2 Å². The van der Waals surface area contributed by atoms with Gasteiger partial charge in [0.2, 0.25) is 6.29 Å². The molecule has 5 N–H and O–H groups in total. The number of aromatic hydroxyl groups is 1. The van der Waals surface area contributed by atoms with Crippen LogP contribution in [-0.4, -0.2) is 70.0 Å². The lowest BCUT2D eigenvalue weighted by atomic mass is 9.99. The number of benzene rings is 1. The monoisotopic (exact) mass is 302 g/mol. The number of phenols is 1. The predicted molar refractivity (Wildman–Crippen MR) is 69.1 cm³/mol. The van der Waals surface area contributed by atoms with Crippen molar-refractivity contribution in [3.8, 4) is 17.2 Å². The van der Waals surface area contributed by atoms with E-state index in [0.29, 0.717) is 0 Å². The first-order valence-corrected chi connectivity index (χ1v) is 6.32. The molecule has 118 valence electrons. The van der Waals surface area contributed by atoms with Gasteiger partial charge in [-0.05, 0) is 12.1 Å². The third-order valence-corrected chi connectivity index (χ3v) is 3.24. The highest BCUT2D eigenvalue weighted by Crippen LogP contribution is 2.33. The minimum absolute atomic E-state index is 0.0343. The molecule has 8 heteroatoms. The van der Waals surface area contributed by atoms with E-state index in [1.807, 2.05) is 0 Å². The molecule has 21 heavy (non-hydrogen) atoms. The van der Waals surface area contributed by atoms with Crippen molar-refractivity contribution in [2.24, 2.45) is 0 Å². The van der Waals surface area contributed by atoms with Crippen LogP contribution < -0.4 is 9.47 Å². The SMILES string of the molecule is COc1cc(O)ccc1O[C@@H]1O[C@H](CO)[C@H](O)[C@H](O)[C@H]1O. The van der Waals surface area contributed by atoms with E-state index in [1.54, 1.807) is 0 Å². The van der Waals surface area contributed by atoms with E-state index in [4.69, 9.17) is 19.3 Å². The Morgan fingerprint density at radius 2 is 1.81 bits per heavy atom. The molecular formula is C13H18O8. The van der Waals surface area contributed by atoms with E-state index in [1.165, 1.54) is 25.3 Å². The van der Waals surface area contributed by atoms with Gasteiger partial charge in [0.15, 0.2) is 11.5 Å². The number of aliphatic hydroxyl groups is 4. The summed E-state index contributed by atoms with van der Waals surface area (Å²) in [7, 11) is 1.37. The zero-order chi connectivity index (χ0) is 15.6. The number of aliphatic hydroxyl groups excluding tert-OH is 4. The summed E-state index contributed by atoms with van der Waals surface area (Å²) in [6, 6.07) is 4.05. The quantitative estimate of drug-likeness (QED) is 0.458. The van der Waals surface area contributed by atoms with Gasteiger partial charge in [0.1, 0.15) is 30.2 Å². The van der Waals surface area contributed by atoms with Crippen LogP contribution in [0.25, 0.3) is 0 Å². The number of hydrogen-bond donors (Lipinski definition) is 5. The topological polar surface area (TPSA) is 129 Å². The maximum absolute atomic E-state index is 9.87. The molecule has 0 radical (unpaired) electrons. The molecule has 0 bridgehead atoms. The first-order valence-electron chi connectivity index (χ1n) is 6.32. The number of ether oxygens (including phenoxy) is 3. The van der Waals surface area contributed by atoms with Crippen LogP contribution >= 0.6 is 0 Å². The molecule has 0 aromatic heterocycles. The van der Waals surface area contributed by atoms with Gasteiger partial charge in [0.25, 0.3) is 0 Å². The van der Waals surface area contributed by atoms with E-state index < -0.39 is 37.3 Å². The van der Waals surface area contributed by atoms with Gasteiger partial charge in [-0.1, -0.05) is 0 Å². The summed E-state index contributed by atoms with van der Waals surface area (Å²) in [6.45, 7) is -0.544. The summed E-state index contributed by atoms with van der Waals surface area (Å²) in [4.78, 5) is 0. The highest BCUT2D eigenvalue weighted by molar-refractivity contribution is 5.45. The minimum atomic E-state index is -1.52. The molecule has 8 nitrogen and oxygen atoms in total. The lowest BCUT2D eigenvalue weighted by molar-refractivity contribution is -0.277. The number of methoxy groups -OCH3 is 1. The van der Waals surface area contributed by atoms with Crippen LogP contribution in [0, 0.1) is 0 Å².